The second-order valence-electron chi connectivity index (χ2n) is 7.19. The molecule has 6 unspecified atom stereocenters. The normalized spacial score (nSPS) is 38.9. The minimum atomic E-state index is -0.349. The molecule has 1 N–H and O–H groups in total. The first-order valence-corrected chi connectivity index (χ1v) is 8.73. The number of rotatable bonds is 6. The molecular formula is C17H28O5. The van der Waals surface area contributed by atoms with Crippen LogP contribution in [0.4, 0.5) is 0 Å². The summed E-state index contributed by atoms with van der Waals surface area (Å²) in [5.41, 5.74) is 0. The fourth-order valence-electron chi connectivity index (χ4n) is 3.75. The molecule has 5 heteroatoms. The highest BCUT2D eigenvalue weighted by molar-refractivity contribution is 5.72. The van der Waals surface area contributed by atoms with Crippen LogP contribution in [0.15, 0.2) is 0 Å². The van der Waals surface area contributed by atoms with Gasteiger partial charge in [0.05, 0.1) is 30.8 Å². The van der Waals surface area contributed by atoms with Crippen molar-refractivity contribution in [1.29, 1.82) is 0 Å². The lowest BCUT2D eigenvalue weighted by atomic mass is 9.87. The Morgan fingerprint density at radius 2 is 2.09 bits per heavy atom. The third-order valence-corrected chi connectivity index (χ3v) is 5.12. The van der Waals surface area contributed by atoms with Crippen LogP contribution in [0.2, 0.25) is 0 Å². The molecule has 1 saturated heterocycles. The molecule has 22 heavy (non-hydrogen) atoms. The third kappa shape index (κ3) is 4.43. The predicted octanol–water partition coefficient (Wildman–Crippen LogP) is 2.05. The molecule has 126 valence electrons. The van der Waals surface area contributed by atoms with E-state index in [9.17, 15) is 9.90 Å². The van der Waals surface area contributed by atoms with Crippen LogP contribution in [-0.4, -0.2) is 48.7 Å². The molecule has 0 aromatic heterocycles. The number of esters is 1. The third-order valence-electron chi connectivity index (χ3n) is 5.12. The highest BCUT2D eigenvalue weighted by atomic mass is 16.6. The maximum Gasteiger partial charge on any atom is 0.309 e. The van der Waals surface area contributed by atoms with E-state index in [1.807, 2.05) is 6.92 Å². The van der Waals surface area contributed by atoms with Crippen molar-refractivity contribution in [1.82, 2.24) is 0 Å². The van der Waals surface area contributed by atoms with E-state index in [1.54, 1.807) is 0 Å². The van der Waals surface area contributed by atoms with Crippen molar-refractivity contribution < 1.29 is 24.1 Å². The van der Waals surface area contributed by atoms with Gasteiger partial charge < -0.3 is 19.3 Å². The van der Waals surface area contributed by atoms with Crippen molar-refractivity contribution in [2.75, 3.05) is 13.2 Å². The zero-order chi connectivity index (χ0) is 15.5. The summed E-state index contributed by atoms with van der Waals surface area (Å²) in [5, 5.41) is 9.63. The molecule has 3 rings (SSSR count). The van der Waals surface area contributed by atoms with Crippen LogP contribution in [0, 0.1) is 11.8 Å². The summed E-state index contributed by atoms with van der Waals surface area (Å²) in [6, 6.07) is 0. The van der Waals surface area contributed by atoms with Gasteiger partial charge in [-0.25, -0.2) is 0 Å². The molecule has 0 radical (unpaired) electrons. The largest absolute Gasteiger partial charge is 0.460 e. The predicted molar refractivity (Wildman–Crippen MR) is 80.3 cm³/mol. The van der Waals surface area contributed by atoms with Crippen molar-refractivity contribution >= 4 is 5.97 Å². The van der Waals surface area contributed by atoms with Gasteiger partial charge in [-0.3, -0.25) is 4.79 Å². The number of epoxide rings is 1. The Morgan fingerprint density at radius 1 is 1.23 bits per heavy atom. The minimum absolute atomic E-state index is 0.145. The van der Waals surface area contributed by atoms with Crippen molar-refractivity contribution in [2.24, 2.45) is 11.8 Å². The van der Waals surface area contributed by atoms with Crippen LogP contribution in [0.5, 0.6) is 0 Å². The highest BCUT2D eigenvalue weighted by Crippen LogP contribution is 2.39. The van der Waals surface area contributed by atoms with Crippen molar-refractivity contribution in [3.63, 3.8) is 0 Å². The van der Waals surface area contributed by atoms with Gasteiger partial charge in [-0.2, -0.15) is 0 Å². The summed E-state index contributed by atoms with van der Waals surface area (Å²) in [5.74, 6) is 0.260. The molecule has 1 heterocycles. The van der Waals surface area contributed by atoms with Crippen LogP contribution < -0.4 is 0 Å². The van der Waals surface area contributed by atoms with Crippen molar-refractivity contribution in [3.05, 3.63) is 0 Å². The molecule has 3 fully saturated rings. The van der Waals surface area contributed by atoms with E-state index in [2.05, 4.69) is 0 Å². The first-order chi connectivity index (χ1) is 10.6. The number of hydrogen-bond donors (Lipinski definition) is 1. The Morgan fingerprint density at radius 3 is 2.86 bits per heavy atom. The molecule has 0 spiro atoms. The summed E-state index contributed by atoms with van der Waals surface area (Å²) >= 11 is 0. The van der Waals surface area contributed by atoms with E-state index in [0.717, 1.165) is 38.7 Å². The van der Waals surface area contributed by atoms with Gasteiger partial charge in [-0.15, -0.1) is 0 Å². The lowest BCUT2D eigenvalue weighted by Gasteiger charge is -2.26. The van der Waals surface area contributed by atoms with Crippen LogP contribution >= 0.6 is 0 Å². The Labute approximate surface area is 132 Å². The number of carbonyl (C=O) groups excluding carboxylic acids is 1. The number of hydrogen-bond acceptors (Lipinski definition) is 5. The van der Waals surface area contributed by atoms with Gasteiger partial charge in [-0.05, 0) is 51.4 Å². The minimum Gasteiger partial charge on any atom is -0.460 e. The smallest absolute Gasteiger partial charge is 0.309 e. The molecule has 2 saturated carbocycles. The standard InChI is InChI=1S/C17H28O5/c1-11(21-17(19)13-3-2-4-14(18)8-13)9-20-10-12-5-6-15-16(7-12)22-15/h11-16,18H,2-10H2,1H3. The summed E-state index contributed by atoms with van der Waals surface area (Å²) in [4.78, 5) is 12.1. The molecule has 3 aliphatic rings. The van der Waals surface area contributed by atoms with E-state index in [1.165, 1.54) is 6.42 Å². The first kappa shape index (κ1) is 16.2. The second kappa shape index (κ2) is 7.28. The molecular weight excluding hydrogens is 284 g/mol. The molecule has 0 amide bonds. The summed E-state index contributed by atoms with van der Waals surface area (Å²) in [7, 11) is 0. The highest BCUT2D eigenvalue weighted by Gasteiger charge is 2.43. The molecule has 0 bridgehead atoms. The van der Waals surface area contributed by atoms with Gasteiger partial charge in [0.15, 0.2) is 0 Å². The molecule has 2 aliphatic carbocycles. The molecule has 0 aromatic rings. The van der Waals surface area contributed by atoms with Crippen LogP contribution in [0.25, 0.3) is 0 Å². The Balaban J connectivity index is 1.30. The number of fused-ring (bicyclic) bond motifs is 1. The van der Waals surface area contributed by atoms with Gasteiger partial charge in [0.2, 0.25) is 0 Å². The van der Waals surface area contributed by atoms with Gasteiger partial charge >= 0.3 is 5.97 Å². The Kier molecular flexibility index (Phi) is 5.37. The second-order valence-corrected chi connectivity index (χ2v) is 7.19. The average molecular weight is 312 g/mol. The number of aliphatic hydroxyl groups is 1. The van der Waals surface area contributed by atoms with E-state index >= 15 is 0 Å². The van der Waals surface area contributed by atoms with Crippen LogP contribution in [0.3, 0.4) is 0 Å². The van der Waals surface area contributed by atoms with Crippen molar-refractivity contribution in [2.45, 2.75) is 76.3 Å². The Hall–Kier alpha value is -0.650. The maximum absolute atomic E-state index is 12.1. The first-order valence-electron chi connectivity index (χ1n) is 8.73. The van der Waals surface area contributed by atoms with E-state index < -0.39 is 0 Å². The fourth-order valence-corrected chi connectivity index (χ4v) is 3.75. The summed E-state index contributed by atoms with van der Waals surface area (Å²) in [6.07, 6.45) is 6.95. The molecule has 6 atom stereocenters. The number of carbonyl (C=O) groups is 1. The monoisotopic (exact) mass is 312 g/mol. The summed E-state index contributed by atoms with van der Waals surface area (Å²) in [6.45, 7) is 3.06. The maximum atomic E-state index is 12.1. The van der Waals surface area contributed by atoms with Gasteiger partial charge in [-0.1, -0.05) is 6.42 Å². The van der Waals surface area contributed by atoms with E-state index in [-0.39, 0.29) is 24.1 Å². The van der Waals surface area contributed by atoms with Crippen LogP contribution in [0.1, 0.15) is 51.9 Å². The molecule has 0 aromatic carbocycles. The lowest BCUT2D eigenvalue weighted by molar-refractivity contribution is -0.158. The average Bonchev–Trinajstić information content (AvgIpc) is 3.25. The van der Waals surface area contributed by atoms with Crippen molar-refractivity contribution in [3.8, 4) is 0 Å². The zero-order valence-electron chi connectivity index (χ0n) is 13.4. The van der Waals surface area contributed by atoms with Gasteiger partial charge in [0, 0.05) is 6.61 Å². The zero-order valence-corrected chi connectivity index (χ0v) is 13.4. The molecule has 1 aliphatic heterocycles. The SMILES string of the molecule is CC(COCC1CCC2OC2C1)OC(=O)C1CCCC(O)C1. The quantitative estimate of drug-likeness (QED) is 0.600. The number of aliphatic hydroxyl groups excluding tert-OH is 1. The van der Waals surface area contributed by atoms with Crippen LogP contribution in [-0.2, 0) is 19.0 Å². The lowest BCUT2D eigenvalue weighted by Crippen LogP contribution is -2.31. The topological polar surface area (TPSA) is 68.3 Å². The van der Waals surface area contributed by atoms with Gasteiger partial charge in [0.25, 0.3) is 0 Å². The van der Waals surface area contributed by atoms with E-state index in [0.29, 0.717) is 31.2 Å². The van der Waals surface area contributed by atoms with E-state index in [4.69, 9.17) is 14.2 Å². The summed E-state index contributed by atoms with van der Waals surface area (Å²) < 4.78 is 16.7. The Bertz CT molecular complexity index is 385. The number of ether oxygens (including phenoxy) is 3. The fraction of sp³-hybridized carbons (Fsp3) is 0.941. The molecule has 5 nitrogen and oxygen atoms in total. The van der Waals surface area contributed by atoms with Gasteiger partial charge in [0.1, 0.15) is 6.10 Å².